The van der Waals surface area contributed by atoms with Crippen LogP contribution in [0.4, 0.5) is 5.69 Å². The van der Waals surface area contributed by atoms with Crippen LogP contribution in [-0.2, 0) is 11.3 Å². The number of anilines is 1. The Balaban J connectivity index is 1.60. The minimum absolute atomic E-state index is 0.00165. The first-order valence-corrected chi connectivity index (χ1v) is 10.1. The van der Waals surface area contributed by atoms with E-state index in [2.05, 4.69) is 15.6 Å². The van der Waals surface area contributed by atoms with E-state index in [1.807, 2.05) is 68.4 Å². The van der Waals surface area contributed by atoms with Gasteiger partial charge in [0, 0.05) is 23.7 Å². The van der Waals surface area contributed by atoms with Crippen molar-refractivity contribution in [2.75, 3.05) is 5.32 Å². The fourth-order valence-electron chi connectivity index (χ4n) is 2.57. The van der Waals surface area contributed by atoms with Crippen LogP contribution in [0.2, 0.25) is 0 Å². The lowest BCUT2D eigenvalue weighted by atomic mass is 10.1. The van der Waals surface area contributed by atoms with Crippen LogP contribution < -0.4 is 10.6 Å². The van der Waals surface area contributed by atoms with Gasteiger partial charge in [-0.3, -0.25) is 9.59 Å². The summed E-state index contributed by atoms with van der Waals surface area (Å²) in [6.07, 6.45) is 2.40. The number of rotatable bonds is 7. The van der Waals surface area contributed by atoms with E-state index in [-0.39, 0.29) is 17.7 Å². The highest BCUT2D eigenvalue weighted by Crippen LogP contribution is 2.24. The van der Waals surface area contributed by atoms with Gasteiger partial charge in [-0.15, -0.1) is 11.3 Å². The number of aromatic nitrogens is 1. The molecular weight excluding hydrogens is 370 g/mol. The van der Waals surface area contributed by atoms with Crippen LogP contribution in [0, 0.1) is 5.92 Å². The quantitative estimate of drug-likeness (QED) is 0.610. The Kier molecular flexibility index (Phi) is 6.55. The van der Waals surface area contributed by atoms with E-state index in [0.717, 1.165) is 28.2 Å². The Morgan fingerprint density at radius 1 is 1.11 bits per heavy atom. The lowest BCUT2D eigenvalue weighted by molar-refractivity contribution is -0.119. The Labute approximate surface area is 168 Å². The molecule has 1 atom stereocenters. The maximum Gasteiger partial charge on any atom is 0.263 e. The van der Waals surface area contributed by atoms with Crippen LogP contribution in [-0.4, -0.2) is 16.8 Å². The molecule has 0 aliphatic rings. The van der Waals surface area contributed by atoms with Crippen molar-refractivity contribution in [3.63, 3.8) is 0 Å². The fourth-order valence-corrected chi connectivity index (χ4v) is 3.41. The SMILES string of the molecule is CCC(C)C(=O)Nc1cccc(CNC(=O)c2cnc(-c3ccccc3)s2)c1. The number of benzene rings is 2. The lowest BCUT2D eigenvalue weighted by Crippen LogP contribution is -2.22. The zero-order valence-corrected chi connectivity index (χ0v) is 16.8. The second-order valence-electron chi connectivity index (χ2n) is 6.58. The number of carbonyl (C=O) groups excluding carboxylic acids is 2. The molecule has 1 unspecified atom stereocenters. The van der Waals surface area contributed by atoms with Gasteiger partial charge in [-0.25, -0.2) is 4.98 Å². The van der Waals surface area contributed by atoms with Gasteiger partial charge < -0.3 is 10.6 Å². The van der Waals surface area contributed by atoms with Gasteiger partial charge in [0.2, 0.25) is 5.91 Å². The fraction of sp³-hybridized carbons (Fsp3) is 0.227. The molecule has 0 saturated carbocycles. The second kappa shape index (κ2) is 9.28. The van der Waals surface area contributed by atoms with E-state index >= 15 is 0 Å². The van der Waals surface area contributed by atoms with Crippen LogP contribution in [0.3, 0.4) is 0 Å². The molecule has 1 aromatic heterocycles. The summed E-state index contributed by atoms with van der Waals surface area (Å²) in [4.78, 5) is 29.4. The van der Waals surface area contributed by atoms with Crippen LogP contribution in [0.1, 0.15) is 35.5 Å². The summed E-state index contributed by atoms with van der Waals surface area (Å²) in [5.41, 5.74) is 2.65. The first kappa shape index (κ1) is 19.8. The molecule has 0 aliphatic heterocycles. The largest absolute Gasteiger partial charge is 0.347 e. The highest BCUT2D eigenvalue weighted by atomic mass is 32.1. The maximum absolute atomic E-state index is 12.4. The molecule has 1 heterocycles. The van der Waals surface area contributed by atoms with Gasteiger partial charge in [0.25, 0.3) is 5.91 Å². The third-order valence-corrected chi connectivity index (χ3v) is 5.50. The van der Waals surface area contributed by atoms with E-state index < -0.39 is 0 Å². The molecule has 3 aromatic rings. The van der Waals surface area contributed by atoms with E-state index in [1.54, 1.807) is 6.20 Å². The van der Waals surface area contributed by atoms with E-state index in [1.165, 1.54) is 11.3 Å². The zero-order chi connectivity index (χ0) is 19.9. The zero-order valence-electron chi connectivity index (χ0n) is 15.9. The molecule has 5 nitrogen and oxygen atoms in total. The van der Waals surface area contributed by atoms with E-state index in [0.29, 0.717) is 11.4 Å². The third kappa shape index (κ3) is 5.04. The number of hydrogen-bond acceptors (Lipinski definition) is 4. The third-order valence-electron chi connectivity index (χ3n) is 4.46. The topological polar surface area (TPSA) is 71.1 Å². The number of hydrogen-bond donors (Lipinski definition) is 2. The Morgan fingerprint density at radius 2 is 1.89 bits per heavy atom. The lowest BCUT2D eigenvalue weighted by Gasteiger charge is -2.11. The smallest absolute Gasteiger partial charge is 0.263 e. The van der Waals surface area contributed by atoms with Gasteiger partial charge in [-0.05, 0) is 24.1 Å². The number of amides is 2. The molecule has 144 valence electrons. The van der Waals surface area contributed by atoms with Crippen molar-refractivity contribution in [3.8, 4) is 10.6 Å². The summed E-state index contributed by atoms with van der Waals surface area (Å²) in [6.45, 7) is 4.27. The Bertz CT molecular complexity index is 953. The number of carbonyl (C=O) groups is 2. The molecule has 0 fully saturated rings. The van der Waals surface area contributed by atoms with E-state index in [4.69, 9.17) is 0 Å². The molecule has 0 spiro atoms. The minimum Gasteiger partial charge on any atom is -0.347 e. The molecule has 0 radical (unpaired) electrons. The van der Waals surface area contributed by atoms with Gasteiger partial charge in [-0.1, -0.05) is 56.3 Å². The van der Waals surface area contributed by atoms with Crippen molar-refractivity contribution >= 4 is 28.8 Å². The molecule has 3 rings (SSSR count). The van der Waals surface area contributed by atoms with Crippen molar-refractivity contribution in [2.24, 2.45) is 5.92 Å². The first-order valence-electron chi connectivity index (χ1n) is 9.26. The molecular formula is C22H23N3O2S. The molecule has 0 bridgehead atoms. The van der Waals surface area contributed by atoms with Gasteiger partial charge in [0.05, 0.1) is 6.20 Å². The predicted octanol–water partition coefficient (Wildman–Crippen LogP) is 4.72. The number of thiazole rings is 1. The molecule has 28 heavy (non-hydrogen) atoms. The molecule has 2 N–H and O–H groups in total. The molecule has 2 aromatic carbocycles. The highest BCUT2D eigenvalue weighted by molar-refractivity contribution is 7.16. The van der Waals surface area contributed by atoms with Crippen molar-refractivity contribution < 1.29 is 9.59 Å². The summed E-state index contributed by atoms with van der Waals surface area (Å²) in [6, 6.07) is 17.3. The van der Waals surface area contributed by atoms with E-state index in [9.17, 15) is 9.59 Å². The highest BCUT2D eigenvalue weighted by Gasteiger charge is 2.13. The van der Waals surface area contributed by atoms with Crippen molar-refractivity contribution in [3.05, 3.63) is 71.2 Å². The Morgan fingerprint density at radius 3 is 2.64 bits per heavy atom. The summed E-state index contributed by atoms with van der Waals surface area (Å²) >= 11 is 1.37. The summed E-state index contributed by atoms with van der Waals surface area (Å²) < 4.78 is 0. The molecule has 0 saturated heterocycles. The maximum atomic E-state index is 12.4. The van der Waals surface area contributed by atoms with Crippen molar-refractivity contribution in [1.82, 2.24) is 10.3 Å². The average molecular weight is 394 g/mol. The van der Waals surface area contributed by atoms with Gasteiger partial charge in [-0.2, -0.15) is 0 Å². The van der Waals surface area contributed by atoms with Crippen LogP contribution in [0.15, 0.2) is 60.8 Å². The van der Waals surface area contributed by atoms with Gasteiger partial charge >= 0.3 is 0 Å². The van der Waals surface area contributed by atoms with Gasteiger partial charge in [0.15, 0.2) is 0 Å². The Hall–Kier alpha value is -2.99. The minimum atomic E-state index is -0.159. The second-order valence-corrected chi connectivity index (χ2v) is 7.61. The predicted molar refractivity (Wildman–Crippen MR) is 113 cm³/mol. The van der Waals surface area contributed by atoms with Gasteiger partial charge in [0.1, 0.15) is 9.88 Å². The monoisotopic (exact) mass is 393 g/mol. The first-order chi connectivity index (χ1) is 13.6. The summed E-state index contributed by atoms with van der Waals surface area (Å²) in [7, 11) is 0. The molecule has 0 aliphatic carbocycles. The molecule has 2 amide bonds. The average Bonchev–Trinajstić information content (AvgIpc) is 3.22. The number of nitrogens with one attached hydrogen (secondary N) is 2. The molecule has 6 heteroatoms. The van der Waals surface area contributed by atoms with Crippen molar-refractivity contribution in [1.29, 1.82) is 0 Å². The number of nitrogens with zero attached hydrogens (tertiary/aromatic N) is 1. The summed E-state index contributed by atoms with van der Waals surface area (Å²) in [5, 5.41) is 6.65. The summed E-state index contributed by atoms with van der Waals surface area (Å²) in [5.74, 6) is -0.191. The normalized spacial score (nSPS) is 11.6. The van der Waals surface area contributed by atoms with Crippen LogP contribution in [0.25, 0.3) is 10.6 Å². The van der Waals surface area contributed by atoms with Crippen molar-refractivity contribution in [2.45, 2.75) is 26.8 Å². The van der Waals surface area contributed by atoms with Crippen LogP contribution in [0.5, 0.6) is 0 Å². The standard InChI is InChI=1S/C22H23N3O2S/c1-3-15(2)20(26)25-18-11-7-8-16(12-18)13-23-21(27)19-14-24-22(28-19)17-9-5-4-6-10-17/h4-12,14-15H,3,13H2,1-2H3,(H,23,27)(H,25,26). The van der Waals surface area contributed by atoms with Crippen LogP contribution >= 0.6 is 11.3 Å².